The first-order chi connectivity index (χ1) is 14.3. The topological polar surface area (TPSA) is 17.8 Å². The van der Waals surface area contributed by atoms with Crippen molar-refractivity contribution in [3.8, 4) is 0 Å². The maximum atomic E-state index is 14.2. The molecule has 1 aromatic heterocycles. The molecule has 0 saturated carbocycles. The van der Waals surface area contributed by atoms with Crippen LogP contribution >= 0.6 is 34.2 Å². The molecule has 0 unspecified atom stereocenters. The van der Waals surface area contributed by atoms with E-state index in [1.807, 2.05) is 59.0 Å². The molecule has 152 valence electrons. The third-order valence-electron chi connectivity index (χ3n) is 4.98. The number of halogens is 5. The highest BCUT2D eigenvalue weighted by Gasteiger charge is 2.46. The van der Waals surface area contributed by atoms with Crippen LogP contribution in [0, 0.1) is 3.70 Å². The summed E-state index contributed by atoms with van der Waals surface area (Å²) < 4.78 is 44.5. The first-order valence-corrected chi connectivity index (χ1v) is 10.5. The summed E-state index contributed by atoms with van der Waals surface area (Å²) in [6.45, 7) is 0. The highest BCUT2D eigenvalue weighted by atomic mass is 127. The third kappa shape index (κ3) is 3.52. The Labute approximate surface area is 190 Å². The van der Waals surface area contributed by atoms with Gasteiger partial charge in [0.25, 0.3) is 0 Å². The molecule has 0 aliphatic heterocycles. The lowest BCUT2D eigenvalue weighted by Gasteiger charge is -2.37. The van der Waals surface area contributed by atoms with Crippen LogP contribution in [0.2, 0.25) is 5.02 Å². The fourth-order valence-electron chi connectivity index (χ4n) is 3.77. The Balaban J connectivity index is 2.21. The minimum Gasteiger partial charge on any atom is -0.251 e. The molecule has 0 atom stereocenters. The van der Waals surface area contributed by atoms with Crippen molar-refractivity contribution < 1.29 is 13.2 Å². The van der Waals surface area contributed by atoms with Crippen molar-refractivity contribution in [2.75, 3.05) is 0 Å². The van der Waals surface area contributed by atoms with Gasteiger partial charge in [0.05, 0.1) is 10.6 Å². The summed E-state index contributed by atoms with van der Waals surface area (Å²) in [7, 11) is 0. The molecule has 3 aromatic carbocycles. The van der Waals surface area contributed by atoms with Crippen LogP contribution in [0.25, 0.3) is 0 Å². The summed E-state index contributed by atoms with van der Waals surface area (Å²) in [5, 5.41) is 4.91. The van der Waals surface area contributed by atoms with Crippen LogP contribution in [0.1, 0.15) is 22.3 Å². The van der Waals surface area contributed by atoms with Gasteiger partial charge in [0.15, 0.2) is 0 Å². The number of nitrogens with zero attached hydrogens (tertiary/aromatic N) is 2. The number of alkyl halides is 3. The standard InChI is InChI=1S/C23H15ClF3IN2/c24-20-15-30(29-21(20)28)22(16-9-3-1-4-10-16,17-11-5-2-6-12-17)18-13-7-8-14-19(18)23(25,26)27/h1-15H. The maximum absolute atomic E-state index is 14.2. The summed E-state index contributed by atoms with van der Waals surface area (Å²) in [4.78, 5) is 0. The monoisotopic (exact) mass is 538 g/mol. The Kier molecular flexibility index (Phi) is 5.63. The van der Waals surface area contributed by atoms with Gasteiger partial charge in [-0.1, -0.05) is 90.5 Å². The van der Waals surface area contributed by atoms with Crippen LogP contribution in [0.5, 0.6) is 0 Å². The van der Waals surface area contributed by atoms with Gasteiger partial charge in [-0.2, -0.15) is 18.3 Å². The molecule has 1 heterocycles. The lowest BCUT2D eigenvalue weighted by molar-refractivity contribution is -0.138. The second-order valence-corrected chi connectivity index (χ2v) is 8.13. The Hall–Kier alpha value is -2.32. The summed E-state index contributed by atoms with van der Waals surface area (Å²) in [5.74, 6) is 0. The molecule has 0 bridgehead atoms. The summed E-state index contributed by atoms with van der Waals surface area (Å²) >= 11 is 8.30. The average molecular weight is 539 g/mol. The summed E-state index contributed by atoms with van der Waals surface area (Å²) in [5.41, 5.74) is -0.737. The molecule has 4 rings (SSSR count). The molecule has 4 aromatic rings. The average Bonchev–Trinajstić information content (AvgIpc) is 3.08. The minimum atomic E-state index is -4.55. The predicted octanol–water partition coefficient (Wildman–Crippen LogP) is 7.00. The number of hydrogen-bond donors (Lipinski definition) is 0. The molecule has 0 radical (unpaired) electrons. The summed E-state index contributed by atoms with van der Waals surface area (Å²) in [6, 6.07) is 23.7. The van der Waals surface area contributed by atoms with Crippen molar-refractivity contribution in [2.24, 2.45) is 0 Å². The van der Waals surface area contributed by atoms with Gasteiger partial charge in [-0.05, 0) is 39.8 Å². The molecular weight excluding hydrogens is 524 g/mol. The van der Waals surface area contributed by atoms with E-state index in [2.05, 4.69) is 5.10 Å². The fraction of sp³-hybridized carbons (Fsp3) is 0.0870. The molecule has 0 saturated heterocycles. The molecule has 30 heavy (non-hydrogen) atoms. The van der Waals surface area contributed by atoms with E-state index < -0.39 is 17.3 Å². The van der Waals surface area contributed by atoms with Crippen LogP contribution < -0.4 is 0 Å². The molecule has 0 amide bonds. The van der Waals surface area contributed by atoms with E-state index >= 15 is 0 Å². The van der Waals surface area contributed by atoms with Crippen LogP contribution in [0.15, 0.2) is 91.1 Å². The first kappa shape index (κ1) is 20.9. The van der Waals surface area contributed by atoms with Crippen molar-refractivity contribution in [1.29, 1.82) is 0 Å². The zero-order valence-corrected chi connectivity index (χ0v) is 18.4. The van der Waals surface area contributed by atoms with E-state index in [9.17, 15) is 13.2 Å². The van der Waals surface area contributed by atoms with E-state index in [4.69, 9.17) is 11.6 Å². The number of rotatable bonds is 4. The van der Waals surface area contributed by atoms with Crippen molar-refractivity contribution in [2.45, 2.75) is 11.7 Å². The molecule has 0 aliphatic carbocycles. The van der Waals surface area contributed by atoms with E-state index in [0.29, 0.717) is 19.9 Å². The normalized spacial score (nSPS) is 12.2. The van der Waals surface area contributed by atoms with Crippen LogP contribution in [0.4, 0.5) is 13.2 Å². The van der Waals surface area contributed by atoms with Crippen LogP contribution in [0.3, 0.4) is 0 Å². The quantitative estimate of drug-likeness (QED) is 0.202. The lowest BCUT2D eigenvalue weighted by Crippen LogP contribution is -2.40. The van der Waals surface area contributed by atoms with Crippen LogP contribution in [-0.2, 0) is 11.7 Å². The van der Waals surface area contributed by atoms with Gasteiger partial charge in [-0.15, -0.1) is 0 Å². The molecule has 0 spiro atoms. The predicted molar refractivity (Wildman–Crippen MR) is 120 cm³/mol. The van der Waals surface area contributed by atoms with E-state index in [1.54, 1.807) is 36.5 Å². The molecular formula is C23H15ClF3IN2. The van der Waals surface area contributed by atoms with Gasteiger partial charge in [0.2, 0.25) is 0 Å². The Morgan fingerprint density at radius 3 is 1.63 bits per heavy atom. The van der Waals surface area contributed by atoms with Gasteiger partial charge in [0.1, 0.15) is 9.24 Å². The highest BCUT2D eigenvalue weighted by Crippen LogP contribution is 2.46. The number of aromatic nitrogens is 2. The van der Waals surface area contributed by atoms with E-state index in [-0.39, 0.29) is 5.56 Å². The molecule has 2 nitrogen and oxygen atoms in total. The Morgan fingerprint density at radius 1 is 0.733 bits per heavy atom. The van der Waals surface area contributed by atoms with Crippen molar-refractivity contribution >= 4 is 34.2 Å². The van der Waals surface area contributed by atoms with Crippen molar-refractivity contribution in [3.63, 3.8) is 0 Å². The largest absolute Gasteiger partial charge is 0.416 e. The van der Waals surface area contributed by atoms with Gasteiger partial charge >= 0.3 is 6.18 Å². The molecule has 0 N–H and O–H groups in total. The zero-order valence-electron chi connectivity index (χ0n) is 15.4. The Morgan fingerprint density at radius 2 is 1.20 bits per heavy atom. The van der Waals surface area contributed by atoms with Crippen molar-refractivity contribution in [1.82, 2.24) is 9.78 Å². The van der Waals surface area contributed by atoms with Gasteiger partial charge in [-0.25, -0.2) is 0 Å². The number of hydrogen-bond acceptors (Lipinski definition) is 1. The Bertz CT molecular complexity index is 1100. The maximum Gasteiger partial charge on any atom is 0.416 e. The molecule has 7 heteroatoms. The smallest absolute Gasteiger partial charge is 0.251 e. The molecule has 0 fully saturated rings. The fourth-order valence-corrected chi connectivity index (χ4v) is 4.28. The van der Waals surface area contributed by atoms with E-state index in [0.717, 1.165) is 6.07 Å². The first-order valence-electron chi connectivity index (χ1n) is 9.04. The highest BCUT2D eigenvalue weighted by molar-refractivity contribution is 14.1. The zero-order chi connectivity index (χ0) is 21.4. The summed E-state index contributed by atoms with van der Waals surface area (Å²) in [6.07, 6.45) is -2.97. The lowest BCUT2D eigenvalue weighted by atomic mass is 9.75. The second kappa shape index (κ2) is 8.07. The second-order valence-electron chi connectivity index (χ2n) is 6.70. The van der Waals surface area contributed by atoms with Gasteiger partial charge in [0, 0.05) is 11.8 Å². The minimum absolute atomic E-state index is 0.0745. The van der Waals surface area contributed by atoms with Gasteiger partial charge in [-0.3, -0.25) is 4.68 Å². The number of benzene rings is 3. The van der Waals surface area contributed by atoms with Crippen molar-refractivity contribution in [3.05, 3.63) is 122 Å². The van der Waals surface area contributed by atoms with Crippen LogP contribution in [-0.4, -0.2) is 9.78 Å². The molecule has 0 aliphatic rings. The van der Waals surface area contributed by atoms with E-state index in [1.165, 1.54) is 16.8 Å². The SMILES string of the molecule is FC(F)(F)c1ccccc1C(c1ccccc1)(c1ccccc1)n1cc(Cl)c(I)n1. The third-order valence-corrected chi connectivity index (χ3v) is 6.37. The van der Waals surface area contributed by atoms with Gasteiger partial charge < -0.3 is 0 Å².